The van der Waals surface area contributed by atoms with Gasteiger partial charge >= 0.3 is 6.18 Å². The number of amides is 2. The molecule has 2 rings (SSSR count). The number of carbonyl (C=O) groups excluding carboxylic acids is 2. The minimum Gasteiger partial charge on any atom is -0.354 e. The zero-order valence-corrected chi connectivity index (χ0v) is 22.1. The number of hydrogen-bond acceptors (Lipinski definition) is 4. The minimum atomic E-state index is -4.86. The highest BCUT2D eigenvalue weighted by atomic mass is 35.5. The predicted octanol–water partition coefficient (Wildman–Crippen LogP) is 4.60. The molecular weight excluding hydrogens is 538 g/mol. The Morgan fingerprint density at radius 1 is 1.11 bits per heavy atom. The number of anilines is 1. The normalized spacial score (nSPS) is 12.6. The van der Waals surface area contributed by atoms with Crippen LogP contribution < -0.4 is 9.62 Å². The summed E-state index contributed by atoms with van der Waals surface area (Å²) in [6.45, 7) is 2.68. The van der Waals surface area contributed by atoms with Crippen molar-refractivity contribution in [3.05, 3.63) is 64.4 Å². The van der Waals surface area contributed by atoms with Crippen molar-refractivity contribution in [1.82, 2.24) is 10.2 Å². The second kappa shape index (κ2) is 12.6. The lowest BCUT2D eigenvalue weighted by molar-refractivity contribution is -0.139. The Kier molecular flexibility index (Phi) is 10.3. The molecule has 0 aliphatic carbocycles. The molecule has 0 aliphatic heterocycles. The van der Waals surface area contributed by atoms with Gasteiger partial charge in [-0.1, -0.05) is 37.1 Å². The Hall–Kier alpha value is -2.86. The monoisotopic (exact) mass is 565 g/mol. The van der Waals surface area contributed by atoms with Crippen molar-refractivity contribution in [2.24, 2.45) is 0 Å². The molecule has 0 spiro atoms. The summed E-state index contributed by atoms with van der Waals surface area (Å²) in [6, 6.07) is 6.56. The Morgan fingerprint density at radius 2 is 1.73 bits per heavy atom. The van der Waals surface area contributed by atoms with Crippen LogP contribution in [0.25, 0.3) is 0 Å². The molecule has 37 heavy (non-hydrogen) atoms. The van der Waals surface area contributed by atoms with Gasteiger partial charge in [0.25, 0.3) is 0 Å². The number of rotatable bonds is 11. The van der Waals surface area contributed by atoms with Crippen LogP contribution in [0.5, 0.6) is 0 Å². The molecule has 7 nitrogen and oxygen atoms in total. The van der Waals surface area contributed by atoms with Gasteiger partial charge in [-0.3, -0.25) is 13.9 Å². The van der Waals surface area contributed by atoms with Gasteiger partial charge in [-0.15, -0.1) is 0 Å². The third-order valence-electron chi connectivity index (χ3n) is 5.49. The van der Waals surface area contributed by atoms with E-state index in [-0.39, 0.29) is 6.54 Å². The standard InChI is InChI=1S/C24H28ClF4N3O4S/c1-4-5-12-30-23(34)16(2)31(14-17-6-8-18(26)9-7-17)22(33)15-32(37(3,35)36)19-10-11-21(25)20(13-19)24(27,28)29/h6-11,13,16H,4-5,12,14-15H2,1-3H3,(H,30,34)/t16-/m1/s1. The second-order valence-corrected chi connectivity index (χ2v) is 10.7. The van der Waals surface area contributed by atoms with Gasteiger partial charge in [0, 0.05) is 13.1 Å². The number of halogens is 5. The molecule has 0 aromatic heterocycles. The highest BCUT2D eigenvalue weighted by molar-refractivity contribution is 7.92. The minimum absolute atomic E-state index is 0.173. The maximum atomic E-state index is 13.4. The molecule has 2 aromatic carbocycles. The lowest BCUT2D eigenvalue weighted by Gasteiger charge is -2.31. The quantitative estimate of drug-likeness (QED) is 0.319. The van der Waals surface area contributed by atoms with Crippen molar-refractivity contribution in [2.45, 2.75) is 45.5 Å². The summed E-state index contributed by atoms with van der Waals surface area (Å²) in [4.78, 5) is 27.2. The Balaban J connectivity index is 2.43. The predicted molar refractivity (Wildman–Crippen MR) is 133 cm³/mol. The highest BCUT2D eigenvalue weighted by Gasteiger charge is 2.35. The maximum absolute atomic E-state index is 13.4. The highest BCUT2D eigenvalue weighted by Crippen LogP contribution is 2.37. The van der Waals surface area contributed by atoms with E-state index in [0.29, 0.717) is 28.9 Å². The van der Waals surface area contributed by atoms with Crippen LogP contribution in [0.4, 0.5) is 23.2 Å². The van der Waals surface area contributed by atoms with Crippen LogP contribution in [0.3, 0.4) is 0 Å². The van der Waals surface area contributed by atoms with Crippen LogP contribution in [0.2, 0.25) is 5.02 Å². The molecule has 0 heterocycles. The van der Waals surface area contributed by atoms with Gasteiger partial charge in [0.2, 0.25) is 21.8 Å². The van der Waals surface area contributed by atoms with E-state index >= 15 is 0 Å². The molecule has 0 saturated heterocycles. The zero-order chi connectivity index (χ0) is 28.0. The van der Waals surface area contributed by atoms with Crippen molar-refractivity contribution in [2.75, 3.05) is 23.7 Å². The lowest BCUT2D eigenvalue weighted by atomic mass is 10.1. The van der Waals surface area contributed by atoms with Crippen molar-refractivity contribution < 1.29 is 35.6 Å². The largest absolute Gasteiger partial charge is 0.417 e. The van der Waals surface area contributed by atoms with E-state index in [2.05, 4.69) is 5.32 Å². The van der Waals surface area contributed by atoms with E-state index in [9.17, 15) is 35.6 Å². The number of sulfonamides is 1. The van der Waals surface area contributed by atoms with Crippen LogP contribution in [-0.4, -0.2) is 50.5 Å². The Labute approximate surface area is 218 Å². The smallest absolute Gasteiger partial charge is 0.354 e. The first-order valence-electron chi connectivity index (χ1n) is 11.3. The summed E-state index contributed by atoms with van der Waals surface area (Å²) in [5.41, 5.74) is -1.23. The molecule has 204 valence electrons. The average Bonchev–Trinajstić information content (AvgIpc) is 2.80. The first kappa shape index (κ1) is 30.4. The molecule has 0 saturated carbocycles. The van der Waals surface area contributed by atoms with Gasteiger partial charge in [0.05, 0.1) is 22.5 Å². The maximum Gasteiger partial charge on any atom is 0.417 e. The number of benzene rings is 2. The van der Waals surface area contributed by atoms with Gasteiger partial charge in [0.1, 0.15) is 18.4 Å². The number of unbranched alkanes of at least 4 members (excludes halogenated alkanes) is 1. The molecule has 2 amide bonds. The van der Waals surface area contributed by atoms with Crippen LogP contribution in [0.15, 0.2) is 42.5 Å². The van der Waals surface area contributed by atoms with E-state index in [4.69, 9.17) is 11.6 Å². The summed E-state index contributed by atoms with van der Waals surface area (Å²) in [5, 5.41) is 2.06. The molecule has 2 aromatic rings. The van der Waals surface area contributed by atoms with Gasteiger partial charge < -0.3 is 10.2 Å². The SMILES string of the molecule is CCCCNC(=O)[C@@H](C)N(Cc1ccc(F)cc1)C(=O)CN(c1ccc(Cl)c(C(F)(F)F)c1)S(C)(=O)=O. The molecule has 1 N–H and O–H groups in total. The summed E-state index contributed by atoms with van der Waals surface area (Å²) in [7, 11) is -4.24. The third kappa shape index (κ3) is 8.60. The molecular formula is C24H28ClF4N3O4S. The third-order valence-corrected chi connectivity index (χ3v) is 6.96. The molecule has 0 fully saturated rings. The van der Waals surface area contributed by atoms with Crippen LogP contribution in [0.1, 0.15) is 37.8 Å². The number of carbonyl (C=O) groups is 2. The van der Waals surface area contributed by atoms with Crippen molar-refractivity contribution in [3.63, 3.8) is 0 Å². The van der Waals surface area contributed by atoms with Crippen molar-refractivity contribution in [1.29, 1.82) is 0 Å². The van der Waals surface area contributed by atoms with E-state index in [0.717, 1.165) is 29.7 Å². The molecule has 0 aliphatic rings. The second-order valence-electron chi connectivity index (χ2n) is 8.40. The Bertz CT molecular complexity index is 1210. The molecule has 1 atom stereocenters. The fourth-order valence-corrected chi connectivity index (χ4v) is 4.47. The van der Waals surface area contributed by atoms with Crippen LogP contribution in [-0.2, 0) is 32.3 Å². The van der Waals surface area contributed by atoms with Crippen LogP contribution >= 0.6 is 11.6 Å². The van der Waals surface area contributed by atoms with E-state index < -0.39 is 62.7 Å². The van der Waals surface area contributed by atoms with Crippen molar-refractivity contribution in [3.8, 4) is 0 Å². The fraction of sp³-hybridized carbons (Fsp3) is 0.417. The summed E-state index contributed by atoms with van der Waals surface area (Å²) in [6.07, 6.45) is -2.60. The number of hydrogen-bond donors (Lipinski definition) is 1. The van der Waals surface area contributed by atoms with Crippen molar-refractivity contribution >= 4 is 39.1 Å². The Morgan fingerprint density at radius 3 is 2.27 bits per heavy atom. The number of nitrogens with zero attached hydrogens (tertiary/aromatic N) is 2. The summed E-state index contributed by atoms with van der Waals surface area (Å²) >= 11 is 5.65. The molecule has 0 unspecified atom stereocenters. The molecule has 0 radical (unpaired) electrons. The summed E-state index contributed by atoms with van der Waals surface area (Å²) in [5.74, 6) is -1.87. The van der Waals surface area contributed by atoms with Gasteiger partial charge in [-0.25, -0.2) is 12.8 Å². The zero-order valence-electron chi connectivity index (χ0n) is 20.5. The fourth-order valence-electron chi connectivity index (χ4n) is 3.40. The molecule has 0 bridgehead atoms. The average molecular weight is 566 g/mol. The number of alkyl halides is 3. The first-order chi connectivity index (χ1) is 17.1. The van der Waals surface area contributed by atoms with Gasteiger partial charge in [-0.2, -0.15) is 13.2 Å². The lowest BCUT2D eigenvalue weighted by Crippen LogP contribution is -2.51. The van der Waals surface area contributed by atoms with E-state index in [1.807, 2.05) is 6.92 Å². The van der Waals surface area contributed by atoms with Gasteiger partial charge in [0.15, 0.2) is 0 Å². The van der Waals surface area contributed by atoms with Crippen LogP contribution in [0, 0.1) is 5.82 Å². The summed E-state index contributed by atoms with van der Waals surface area (Å²) < 4.78 is 79.1. The number of nitrogens with one attached hydrogen (secondary N) is 1. The van der Waals surface area contributed by atoms with Gasteiger partial charge in [-0.05, 0) is 49.2 Å². The topological polar surface area (TPSA) is 86.8 Å². The first-order valence-corrected chi connectivity index (χ1v) is 13.5. The van der Waals surface area contributed by atoms with E-state index in [1.165, 1.54) is 31.2 Å². The van der Waals surface area contributed by atoms with E-state index in [1.54, 1.807) is 0 Å². The molecule has 13 heteroatoms.